The summed E-state index contributed by atoms with van der Waals surface area (Å²) < 4.78 is 28.2. The fraction of sp³-hybridized carbons (Fsp3) is 0.857. The van der Waals surface area contributed by atoms with E-state index >= 15 is 0 Å². The lowest BCUT2D eigenvalue weighted by molar-refractivity contribution is -0.140. The van der Waals surface area contributed by atoms with Crippen LogP contribution in [0.2, 0.25) is 0 Å². The maximum atomic E-state index is 11.2. The van der Waals surface area contributed by atoms with Crippen LogP contribution in [0, 0.1) is 0 Å². The van der Waals surface area contributed by atoms with Gasteiger partial charge in [0.2, 0.25) is 10.0 Å². The highest BCUT2D eigenvalue weighted by atomic mass is 32.2. The Kier molecular flexibility index (Phi) is 3.27. The molecule has 6 heteroatoms. The number of hydrogen-bond acceptors (Lipinski definition) is 4. The summed E-state index contributed by atoms with van der Waals surface area (Å²) >= 11 is 0. The summed E-state index contributed by atoms with van der Waals surface area (Å²) in [5, 5.41) is 0. The van der Waals surface area contributed by atoms with Crippen molar-refractivity contribution in [1.29, 1.82) is 0 Å². The molecule has 0 aromatic rings. The summed E-state index contributed by atoms with van der Waals surface area (Å²) in [6, 6.07) is 0. The zero-order chi connectivity index (χ0) is 9.90. The molecule has 0 N–H and O–H groups in total. The Morgan fingerprint density at radius 2 is 2.23 bits per heavy atom. The Balaban J connectivity index is 2.42. The van der Waals surface area contributed by atoms with Crippen molar-refractivity contribution in [1.82, 2.24) is 4.31 Å². The van der Waals surface area contributed by atoms with Gasteiger partial charge in [-0.2, -0.15) is 0 Å². The Bertz CT molecular complexity index is 285. The number of sulfonamides is 1. The minimum atomic E-state index is -3.07. The van der Waals surface area contributed by atoms with E-state index in [1.54, 1.807) is 0 Å². The monoisotopic (exact) mass is 207 g/mol. The molecule has 0 unspecified atom stereocenters. The smallest absolute Gasteiger partial charge is 0.306 e. The topological polar surface area (TPSA) is 63.7 Å². The molecule has 0 radical (unpaired) electrons. The fourth-order valence-corrected chi connectivity index (χ4v) is 2.79. The van der Waals surface area contributed by atoms with Crippen LogP contribution in [0.5, 0.6) is 0 Å². The van der Waals surface area contributed by atoms with Crippen LogP contribution in [-0.2, 0) is 19.6 Å². The number of hydrogen-bond donors (Lipinski definition) is 0. The molecule has 0 bridgehead atoms. The molecule has 0 atom stereocenters. The van der Waals surface area contributed by atoms with Crippen LogP contribution in [-0.4, -0.2) is 44.6 Å². The molecule has 1 fully saturated rings. The largest absolute Gasteiger partial charge is 0.469 e. The summed E-state index contributed by atoms with van der Waals surface area (Å²) in [6.45, 7) is 0.772. The molecular weight excluding hydrogens is 194 g/mol. The summed E-state index contributed by atoms with van der Waals surface area (Å²) in [7, 11) is -1.77. The van der Waals surface area contributed by atoms with Crippen LogP contribution in [0.25, 0.3) is 0 Å². The third-order valence-corrected chi connectivity index (χ3v) is 3.95. The van der Waals surface area contributed by atoms with E-state index in [-0.39, 0.29) is 24.7 Å². The summed E-state index contributed by atoms with van der Waals surface area (Å²) in [6.07, 6.45) is 0.791. The number of carbonyl (C=O) groups excluding carboxylic acids is 1. The molecule has 5 nitrogen and oxygen atoms in total. The fourth-order valence-electron chi connectivity index (χ4n) is 1.26. The Morgan fingerprint density at radius 3 is 2.69 bits per heavy atom. The maximum Gasteiger partial charge on any atom is 0.306 e. The Hall–Kier alpha value is -0.620. The second-order valence-electron chi connectivity index (χ2n) is 2.89. The highest BCUT2D eigenvalue weighted by molar-refractivity contribution is 7.89. The number of methoxy groups -OCH3 is 1. The van der Waals surface area contributed by atoms with E-state index in [1.165, 1.54) is 11.4 Å². The average Bonchev–Trinajstić information content (AvgIpc) is 2.41. The molecule has 0 aliphatic carbocycles. The molecule has 0 spiro atoms. The van der Waals surface area contributed by atoms with Gasteiger partial charge in [0, 0.05) is 13.1 Å². The van der Waals surface area contributed by atoms with Gasteiger partial charge in [-0.15, -0.1) is 0 Å². The normalized spacial score (nSPS) is 21.6. The first-order chi connectivity index (χ1) is 6.06. The van der Waals surface area contributed by atoms with E-state index < -0.39 is 10.0 Å². The van der Waals surface area contributed by atoms with Gasteiger partial charge in [0.15, 0.2) is 0 Å². The van der Waals surface area contributed by atoms with Crippen molar-refractivity contribution in [2.75, 3.05) is 26.0 Å². The molecule has 0 saturated carbocycles. The number of nitrogens with zero attached hydrogens (tertiary/aromatic N) is 1. The van der Waals surface area contributed by atoms with Gasteiger partial charge >= 0.3 is 5.97 Å². The Labute approximate surface area is 77.7 Å². The standard InChI is InChI=1S/C7H13NO4S/c1-12-7(9)3-5-8-4-2-6-13(8,10)11/h2-6H2,1H3. The molecule has 1 aliphatic heterocycles. The summed E-state index contributed by atoms with van der Waals surface area (Å²) in [5.74, 6) is -0.171. The highest BCUT2D eigenvalue weighted by Crippen LogP contribution is 2.13. The molecule has 0 aromatic carbocycles. The second-order valence-corrected chi connectivity index (χ2v) is 4.98. The first kappa shape index (κ1) is 10.5. The third kappa shape index (κ3) is 2.67. The van der Waals surface area contributed by atoms with Crippen molar-refractivity contribution in [3.63, 3.8) is 0 Å². The molecular formula is C7H13NO4S. The minimum Gasteiger partial charge on any atom is -0.469 e. The number of esters is 1. The zero-order valence-corrected chi connectivity index (χ0v) is 8.34. The molecule has 76 valence electrons. The number of carbonyl (C=O) groups is 1. The summed E-state index contributed by atoms with van der Waals surface area (Å²) in [4.78, 5) is 10.7. The van der Waals surface area contributed by atoms with E-state index in [4.69, 9.17) is 0 Å². The SMILES string of the molecule is COC(=O)CCN1CCCS1(=O)=O. The van der Waals surface area contributed by atoms with Crippen LogP contribution < -0.4 is 0 Å². The molecule has 13 heavy (non-hydrogen) atoms. The molecule has 0 amide bonds. The van der Waals surface area contributed by atoms with Gasteiger partial charge in [0.25, 0.3) is 0 Å². The number of rotatable bonds is 3. The van der Waals surface area contributed by atoms with Gasteiger partial charge in [-0.3, -0.25) is 4.79 Å². The zero-order valence-electron chi connectivity index (χ0n) is 7.52. The van der Waals surface area contributed by atoms with E-state index in [1.807, 2.05) is 0 Å². The van der Waals surface area contributed by atoms with Crippen LogP contribution in [0.3, 0.4) is 0 Å². The van der Waals surface area contributed by atoms with Crippen LogP contribution in [0.15, 0.2) is 0 Å². The van der Waals surface area contributed by atoms with Crippen LogP contribution >= 0.6 is 0 Å². The van der Waals surface area contributed by atoms with Crippen molar-refractivity contribution in [2.45, 2.75) is 12.8 Å². The van der Waals surface area contributed by atoms with Crippen molar-refractivity contribution in [3.8, 4) is 0 Å². The lowest BCUT2D eigenvalue weighted by Gasteiger charge is -2.12. The average molecular weight is 207 g/mol. The predicted octanol–water partition coefficient (Wildman–Crippen LogP) is -0.415. The van der Waals surface area contributed by atoms with E-state index in [9.17, 15) is 13.2 Å². The minimum absolute atomic E-state index is 0.135. The van der Waals surface area contributed by atoms with Gasteiger partial charge in [0.05, 0.1) is 19.3 Å². The lowest BCUT2D eigenvalue weighted by atomic mass is 10.4. The maximum absolute atomic E-state index is 11.2. The first-order valence-corrected chi connectivity index (χ1v) is 5.72. The van der Waals surface area contributed by atoms with Crippen LogP contribution in [0.1, 0.15) is 12.8 Å². The molecule has 1 saturated heterocycles. The van der Waals surface area contributed by atoms with Crippen molar-refractivity contribution < 1.29 is 17.9 Å². The van der Waals surface area contributed by atoms with Gasteiger partial charge in [-0.05, 0) is 6.42 Å². The Morgan fingerprint density at radius 1 is 1.54 bits per heavy atom. The lowest BCUT2D eigenvalue weighted by Crippen LogP contribution is -2.28. The molecule has 1 rings (SSSR count). The van der Waals surface area contributed by atoms with Crippen molar-refractivity contribution >= 4 is 16.0 Å². The first-order valence-electron chi connectivity index (χ1n) is 4.11. The van der Waals surface area contributed by atoms with Gasteiger partial charge in [-0.1, -0.05) is 0 Å². The van der Waals surface area contributed by atoms with E-state index in [0.29, 0.717) is 13.0 Å². The van der Waals surface area contributed by atoms with Crippen LogP contribution in [0.4, 0.5) is 0 Å². The van der Waals surface area contributed by atoms with Gasteiger partial charge < -0.3 is 4.74 Å². The second kappa shape index (κ2) is 4.06. The molecule has 1 aliphatic rings. The van der Waals surface area contributed by atoms with Crippen molar-refractivity contribution in [2.24, 2.45) is 0 Å². The van der Waals surface area contributed by atoms with Gasteiger partial charge in [-0.25, -0.2) is 12.7 Å². The van der Waals surface area contributed by atoms with E-state index in [0.717, 1.165) is 0 Å². The van der Waals surface area contributed by atoms with Crippen molar-refractivity contribution in [3.05, 3.63) is 0 Å². The van der Waals surface area contributed by atoms with E-state index in [2.05, 4.69) is 4.74 Å². The summed E-state index contributed by atoms with van der Waals surface area (Å²) in [5.41, 5.74) is 0. The molecule has 1 heterocycles. The number of ether oxygens (including phenoxy) is 1. The quantitative estimate of drug-likeness (QED) is 0.590. The predicted molar refractivity (Wildman–Crippen MR) is 46.6 cm³/mol. The third-order valence-electron chi connectivity index (χ3n) is 2.00. The molecule has 0 aromatic heterocycles. The van der Waals surface area contributed by atoms with Gasteiger partial charge in [0.1, 0.15) is 0 Å². The highest BCUT2D eigenvalue weighted by Gasteiger charge is 2.28.